The van der Waals surface area contributed by atoms with Crippen molar-refractivity contribution in [3.8, 4) is 0 Å². The molecule has 0 saturated heterocycles. The molecule has 0 aromatic heterocycles. The molecule has 1 aliphatic carbocycles. The van der Waals surface area contributed by atoms with Crippen molar-refractivity contribution in [1.82, 2.24) is 0 Å². The van der Waals surface area contributed by atoms with Gasteiger partial charge in [0, 0.05) is 0 Å². The third-order valence-electron chi connectivity index (χ3n) is 4.16. The number of carboxylic acid groups (broad SMARTS) is 1. The molecule has 1 N–H and O–H groups in total. The van der Waals surface area contributed by atoms with Gasteiger partial charge in [0.05, 0.1) is 11.5 Å². The number of hydrogen-bond donors (Lipinski definition) is 1. The largest absolute Gasteiger partial charge is 0.481 e. The number of aliphatic carboxylic acids is 1. The summed E-state index contributed by atoms with van der Waals surface area (Å²) in [6.07, 6.45) is -2.98. The zero-order chi connectivity index (χ0) is 15.8. The summed E-state index contributed by atoms with van der Waals surface area (Å²) in [5.41, 5.74) is -0.985. The predicted molar refractivity (Wildman–Crippen MR) is 68.3 cm³/mol. The first-order chi connectivity index (χ1) is 9.70. The average molecular weight is 304 g/mol. The van der Waals surface area contributed by atoms with Gasteiger partial charge in [-0.2, -0.15) is 13.2 Å². The van der Waals surface area contributed by atoms with Crippen molar-refractivity contribution in [3.05, 3.63) is 35.1 Å². The van der Waals surface area contributed by atoms with Crippen LogP contribution in [0.1, 0.15) is 43.2 Å². The van der Waals surface area contributed by atoms with E-state index < -0.39 is 35.4 Å². The molecule has 0 heterocycles. The van der Waals surface area contributed by atoms with E-state index in [1.165, 1.54) is 6.07 Å². The Balaban J connectivity index is 2.35. The van der Waals surface area contributed by atoms with Gasteiger partial charge in [0.15, 0.2) is 0 Å². The van der Waals surface area contributed by atoms with Gasteiger partial charge in [-0.1, -0.05) is 13.0 Å². The van der Waals surface area contributed by atoms with Crippen LogP contribution in [0.4, 0.5) is 17.6 Å². The molecule has 0 spiro atoms. The van der Waals surface area contributed by atoms with Gasteiger partial charge >= 0.3 is 12.1 Å². The number of hydrogen-bond acceptors (Lipinski definition) is 1. The summed E-state index contributed by atoms with van der Waals surface area (Å²) in [7, 11) is 0. The van der Waals surface area contributed by atoms with Gasteiger partial charge in [0.2, 0.25) is 0 Å². The molecule has 1 aliphatic rings. The number of alkyl halides is 3. The molecular formula is C15H16F4O2. The minimum absolute atomic E-state index is 0.274. The van der Waals surface area contributed by atoms with Gasteiger partial charge in [0.1, 0.15) is 5.82 Å². The maximum absolute atomic E-state index is 13.7. The molecule has 2 rings (SSSR count). The molecule has 1 saturated carbocycles. The molecular weight excluding hydrogens is 288 g/mol. The van der Waals surface area contributed by atoms with Crippen molar-refractivity contribution in [3.63, 3.8) is 0 Å². The molecule has 0 bridgehead atoms. The van der Waals surface area contributed by atoms with Crippen LogP contribution in [-0.4, -0.2) is 11.1 Å². The average Bonchev–Trinajstić information content (AvgIpc) is 2.36. The van der Waals surface area contributed by atoms with Crippen LogP contribution in [0, 0.1) is 17.7 Å². The fourth-order valence-corrected chi connectivity index (χ4v) is 3.04. The van der Waals surface area contributed by atoms with Crippen LogP contribution in [0.5, 0.6) is 0 Å². The van der Waals surface area contributed by atoms with Gasteiger partial charge in [-0.25, -0.2) is 4.39 Å². The van der Waals surface area contributed by atoms with E-state index in [-0.39, 0.29) is 5.92 Å². The van der Waals surface area contributed by atoms with E-state index in [9.17, 15) is 27.5 Å². The molecule has 116 valence electrons. The Kier molecular flexibility index (Phi) is 4.25. The van der Waals surface area contributed by atoms with Crippen molar-refractivity contribution >= 4 is 5.97 Å². The summed E-state index contributed by atoms with van der Waals surface area (Å²) in [6, 6.07) is 2.73. The monoisotopic (exact) mass is 304 g/mol. The first-order valence-electron chi connectivity index (χ1n) is 6.79. The summed E-state index contributed by atoms with van der Waals surface area (Å²) in [5.74, 6) is -3.16. The van der Waals surface area contributed by atoms with E-state index in [1.807, 2.05) is 6.92 Å². The summed E-state index contributed by atoms with van der Waals surface area (Å²) in [4.78, 5) is 11.3. The van der Waals surface area contributed by atoms with Crippen LogP contribution in [-0.2, 0) is 11.0 Å². The van der Waals surface area contributed by atoms with Crippen LogP contribution < -0.4 is 0 Å². The van der Waals surface area contributed by atoms with Crippen LogP contribution in [0.3, 0.4) is 0 Å². The topological polar surface area (TPSA) is 37.3 Å². The zero-order valence-electron chi connectivity index (χ0n) is 11.5. The van der Waals surface area contributed by atoms with E-state index >= 15 is 0 Å². The summed E-state index contributed by atoms with van der Waals surface area (Å²) < 4.78 is 51.3. The van der Waals surface area contributed by atoms with Crippen LogP contribution in [0.2, 0.25) is 0 Å². The second-order valence-electron chi connectivity index (χ2n) is 5.71. The second kappa shape index (κ2) is 5.66. The summed E-state index contributed by atoms with van der Waals surface area (Å²) in [6.45, 7) is 1.96. The Morgan fingerprint density at radius 1 is 1.29 bits per heavy atom. The Hall–Kier alpha value is -1.59. The van der Waals surface area contributed by atoms with Crippen molar-refractivity contribution < 1.29 is 27.5 Å². The van der Waals surface area contributed by atoms with E-state index in [2.05, 4.69) is 0 Å². The Morgan fingerprint density at radius 2 is 1.95 bits per heavy atom. The fraction of sp³-hybridized carbons (Fsp3) is 0.533. The minimum atomic E-state index is -4.74. The van der Waals surface area contributed by atoms with E-state index in [4.69, 9.17) is 0 Å². The van der Waals surface area contributed by atoms with E-state index in [0.29, 0.717) is 24.5 Å². The molecule has 0 radical (unpaired) electrons. The van der Waals surface area contributed by atoms with Gasteiger partial charge in [-0.05, 0) is 48.8 Å². The van der Waals surface area contributed by atoms with Gasteiger partial charge in [0.25, 0.3) is 0 Å². The van der Waals surface area contributed by atoms with E-state index in [1.54, 1.807) is 0 Å². The standard InChI is InChI=1S/C15H16F4O2/c1-8-2-4-10(14(20)21)11(6-8)9-3-5-12(13(16)7-9)15(17,18)19/h3,5,7-8,10-11H,2,4,6H2,1H3,(H,20,21). The Morgan fingerprint density at radius 3 is 2.48 bits per heavy atom. The van der Waals surface area contributed by atoms with Crippen molar-refractivity contribution in [2.75, 3.05) is 0 Å². The highest BCUT2D eigenvalue weighted by atomic mass is 19.4. The molecule has 21 heavy (non-hydrogen) atoms. The van der Waals surface area contributed by atoms with Crippen molar-refractivity contribution in [2.24, 2.45) is 11.8 Å². The number of rotatable bonds is 2. The minimum Gasteiger partial charge on any atom is -0.481 e. The van der Waals surface area contributed by atoms with Crippen LogP contribution in [0.25, 0.3) is 0 Å². The molecule has 0 aliphatic heterocycles. The SMILES string of the molecule is CC1CCC(C(=O)O)C(c2ccc(C(F)(F)F)c(F)c2)C1. The fourth-order valence-electron chi connectivity index (χ4n) is 3.04. The highest BCUT2D eigenvalue weighted by Crippen LogP contribution is 2.42. The van der Waals surface area contributed by atoms with E-state index in [0.717, 1.165) is 12.5 Å². The number of halogens is 4. The van der Waals surface area contributed by atoms with Crippen LogP contribution >= 0.6 is 0 Å². The summed E-state index contributed by atoms with van der Waals surface area (Å²) in [5, 5.41) is 9.24. The molecule has 0 amide bonds. The van der Waals surface area contributed by atoms with Gasteiger partial charge in [-0.3, -0.25) is 4.79 Å². The molecule has 3 unspecified atom stereocenters. The third kappa shape index (κ3) is 3.36. The quantitative estimate of drug-likeness (QED) is 0.820. The lowest BCUT2D eigenvalue weighted by atomic mass is 9.71. The maximum atomic E-state index is 13.7. The van der Waals surface area contributed by atoms with Crippen molar-refractivity contribution in [2.45, 2.75) is 38.3 Å². The second-order valence-corrected chi connectivity index (χ2v) is 5.71. The van der Waals surface area contributed by atoms with Crippen molar-refractivity contribution in [1.29, 1.82) is 0 Å². The highest BCUT2D eigenvalue weighted by Gasteiger charge is 2.37. The van der Waals surface area contributed by atoms with Gasteiger partial charge in [-0.15, -0.1) is 0 Å². The first-order valence-corrected chi connectivity index (χ1v) is 6.79. The third-order valence-corrected chi connectivity index (χ3v) is 4.16. The zero-order valence-corrected chi connectivity index (χ0v) is 11.5. The normalized spacial score (nSPS) is 26.6. The molecule has 1 aromatic rings. The lowest BCUT2D eigenvalue weighted by Crippen LogP contribution is -2.28. The predicted octanol–water partition coefficient (Wildman–Crippen LogP) is 4.45. The Bertz CT molecular complexity index is 539. The number of benzene rings is 1. The number of carboxylic acids is 1. The Labute approximate surface area is 119 Å². The van der Waals surface area contributed by atoms with Crippen LogP contribution in [0.15, 0.2) is 18.2 Å². The first kappa shape index (κ1) is 15.8. The maximum Gasteiger partial charge on any atom is 0.419 e. The molecule has 3 atom stereocenters. The lowest BCUT2D eigenvalue weighted by Gasteiger charge is -2.32. The molecule has 6 heteroatoms. The lowest BCUT2D eigenvalue weighted by molar-refractivity contribution is -0.144. The smallest absolute Gasteiger partial charge is 0.419 e. The molecule has 2 nitrogen and oxygen atoms in total. The number of carbonyl (C=O) groups is 1. The highest BCUT2D eigenvalue weighted by molar-refractivity contribution is 5.71. The molecule has 1 fully saturated rings. The summed E-state index contributed by atoms with van der Waals surface area (Å²) >= 11 is 0. The van der Waals surface area contributed by atoms with Gasteiger partial charge < -0.3 is 5.11 Å². The molecule has 1 aromatic carbocycles.